The van der Waals surface area contributed by atoms with Crippen LogP contribution in [0, 0.1) is 5.92 Å². The van der Waals surface area contributed by atoms with E-state index in [1.807, 2.05) is 27.7 Å². The van der Waals surface area contributed by atoms with Crippen LogP contribution in [-0.2, 0) is 25.7 Å². The Kier molecular flexibility index (Phi) is 12.7. The molecule has 10 heteroatoms. The van der Waals surface area contributed by atoms with Crippen molar-refractivity contribution >= 4 is 29.5 Å². The average molecular weight is 478 g/mol. The molecule has 34 heavy (non-hydrogen) atoms. The van der Waals surface area contributed by atoms with Crippen molar-refractivity contribution in [3.63, 3.8) is 0 Å². The lowest BCUT2D eigenvalue weighted by Crippen LogP contribution is -2.54. The smallest absolute Gasteiger partial charge is 0.312 e. The summed E-state index contributed by atoms with van der Waals surface area (Å²) in [7, 11) is 0. The summed E-state index contributed by atoms with van der Waals surface area (Å²) >= 11 is 0. The van der Waals surface area contributed by atoms with Crippen LogP contribution in [0.25, 0.3) is 0 Å². The zero-order chi connectivity index (χ0) is 25.7. The standard InChI is InChI=1S/C24H39N5O5/c1-6-20(30)34-14-17-9-11-18(12-10-17)28-22(31)19(8-7-13-26-24(25)33)29-23(32)21(15(2)3)27-16(4)5/h9-12,15-16,19,21,27H,6-8,13-14H2,1-5H3,(H,28,31)(H,29,32)(H3,25,26,33). The van der Waals surface area contributed by atoms with Gasteiger partial charge in [-0.1, -0.05) is 46.8 Å². The summed E-state index contributed by atoms with van der Waals surface area (Å²) in [6.07, 6.45) is 1.07. The number of nitrogens with one attached hydrogen (secondary N) is 4. The highest BCUT2D eigenvalue weighted by atomic mass is 16.5. The predicted molar refractivity (Wildman–Crippen MR) is 131 cm³/mol. The minimum atomic E-state index is -0.803. The van der Waals surface area contributed by atoms with Crippen LogP contribution in [0.4, 0.5) is 10.5 Å². The van der Waals surface area contributed by atoms with E-state index in [1.165, 1.54) is 0 Å². The Bertz CT molecular complexity index is 810. The van der Waals surface area contributed by atoms with E-state index in [9.17, 15) is 19.2 Å². The summed E-state index contributed by atoms with van der Waals surface area (Å²) in [4.78, 5) is 48.2. The van der Waals surface area contributed by atoms with Gasteiger partial charge in [0.25, 0.3) is 0 Å². The van der Waals surface area contributed by atoms with E-state index in [2.05, 4.69) is 21.3 Å². The van der Waals surface area contributed by atoms with Gasteiger partial charge in [-0.3, -0.25) is 14.4 Å². The Balaban J connectivity index is 2.85. The van der Waals surface area contributed by atoms with Crippen LogP contribution in [0.5, 0.6) is 0 Å². The van der Waals surface area contributed by atoms with Gasteiger partial charge >= 0.3 is 12.0 Å². The van der Waals surface area contributed by atoms with E-state index in [1.54, 1.807) is 31.2 Å². The maximum Gasteiger partial charge on any atom is 0.312 e. The Morgan fingerprint density at radius 2 is 1.65 bits per heavy atom. The highest BCUT2D eigenvalue weighted by molar-refractivity contribution is 5.97. The van der Waals surface area contributed by atoms with E-state index in [4.69, 9.17) is 10.5 Å². The molecule has 10 nitrogen and oxygen atoms in total. The number of hydrogen-bond acceptors (Lipinski definition) is 6. The van der Waals surface area contributed by atoms with Crippen LogP contribution in [0.2, 0.25) is 0 Å². The van der Waals surface area contributed by atoms with Crippen molar-refractivity contribution in [3.05, 3.63) is 29.8 Å². The first-order chi connectivity index (χ1) is 16.0. The van der Waals surface area contributed by atoms with Crippen molar-refractivity contribution in [1.82, 2.24) is 16.0 Å². The maximum absolute atomic E-state index is 13.0. The minimum absolute atomic E-state index is 0.0250. The van der Waals surface area contributed by atoms with Gasteiger partial charge in [-0.15, -0.1) is 0 Å². The lowest BCUT2D eigenvalue weighted by molar-refractivity contribution is -0.144. The number of urea groups is 1. The van der Waals surface area contributed by atoms with Gasteiger partial charge in [-0.25, -0.2) is 4.79 Å². The molecule has 0 aliphatic carbocycles. The lowest BCUT2D eigenvalue weighted by Gasteiger charge is -2.27. The molecule has 0 spiro atoms. The second-order valence-corrected chi connectivity index (χ2v) is 8.74. The second kappa shape index (κ2) is 14.9. The third kappa shape index (κ3) is 11.1. The van der Waals surface area contributed by atoms with Crippen molar-refractivity contribution in [2.75, 3.05) is 11.9 Å². The average Bonchev–Trinajstić information content (AvgIpc) is 2.77. The molecular formula is C24H39N5O5. The number of ether oxygens (including phenoxy) is 1. The third-order valence-electron chi connectivity index (χ3n) is 4.97. The third-order valence-corrected chi connectivity index (χ3v) is 4.97. The molecule has 0 fully saturated rings. The van der Waals surface area contributed by atoms with Gasteiger partial charge < -0.3 is 31.7 Å². The van der Waals surface area contributed by atoms with Crippen molar-refractivity contribution in [1.29, 1.82) is 0 Å². The van der Waals surface area contributed by atoms with E-state index in [-0.39, 0.29) is 42.9 Å². The molecule has 0 saturated heterocycles. The Labute approximate surface area is 201 Å². The highest BCUT2D eigenvalue weighted by Gasteiger charge is 2.27. The van der Waals surface area contributed by atoms with Crippen LogP contribution in [0.3, 0.4) is 0 Å². The fraction of sp³-hybridized carbons (Fsp3) is 0.583. The van der Waals surface area contributed by atoms with Crippen molar-refractivity contribution < 1.29 is 23.9 Å². The zero-order valence-electron chi connectivity index (χ0n) is 20.8. The van der Waals surface area contributed by atoms with E-state index in [0.29, 0.717) is 24.9 Å². The molecule has 1 aromatic carbocycles. The van der Waals surface area contributed by atoms with Gasteiger partial charge in [-0.2, -0.15) is 0 Å². The molecule has 4 amide bonds. The lowest BCUT2D eigenvalue weighted by atomic mass is 10.0. The topological polar surface area (TPSA) is 152 Å². The predicted octanol–water partition coefficient (Wildman–Crippen LogP) is 2.03. The molecular weight excluding hydrogens is 438 g/mol. The molecule has 0 heterocycles. The second-order valence-electron chi connectivity index (χ2n) is 8.74. The molecule has 0 saturated carbocycles. The Morgan fingerprint density at radius 3 is 2.18 bits per heavy atom. The SMILES string of the molecule is CCC(=O)OCc1ccc(NC(=O)C(CCCNC(N)=O)NC(=O)C(NC(C)C)C(C)C)cc1. The van der Waals surface area contributed by atoms with Crippen LogP contribution in [0.1, 0.15) is 59.4 Å². The van der Waals surface area contributed by atoms with Gasteiger partial charge in [-0.05, 0) is 36.5 Å². The molecule has 1 aromatic rings. The molecule has 2 unspecified atom stereocenters. The monoisotopic (exact) mass is 477 g/mol. The molecule has 0 aliphatic heterocycles. The van der Waals surface area contributed by atoms with Crippen LogP contribution < -0.4 is 27.0 Å². The summed E-state index contributed by atoms with van der Waals surface area (Å²) in [5, 5.41) is 11.4. The van der Waals surface area contributed by atoms with Gasteiger partial charge in [0.2, 0.25) is 11.8 Å². The van der Waals surface area contributed by atoms with Gasteiger partial charge in [0.1, 0.15) is 12.6 Å². The molecule has 6 N–H and O–H groups in total. The van der Waals surface area contributed by atoms with Crippen molar-refractivity contribution in [2.45, 2.75) is 78.6 Å². The number of nitrogens with two attached hydrogens (primary N) is 1. The van der Waals surface area contributed by atoms with Crippen LogP contribution in [-0.4, -0.2) is 48.5 Å². The number of esters is 1. The van der Waals surface area contributed by atoms with Gasteiger partial charge in [0.15, 0.2) is 0 Å². The molecule has 0 radical (unpaired) electrons. The molecule has 2 atom stereocenters. The Morgan fingerprint density at radius 1 is 1.00 bits per heavy atom. The number of primary amides is 1. The van der Waals surface area contributed by atoms with Gasteiger partial charge in [0, 0.05) is 24.7 Å². The normalized spacial score (nSPS) is 12.7. The molecule has 0 aromatic heterocycles. The summed E-state index contributed by atoms with van der Waals surface area (Å²) < 4.78 is 5.10. The molecule has 0 aliphatic rings. The number of carbonyl (C=O) groups is 4. The van der Waals surface area contributed by atoms with E-state index >= 15 is 0 Å². The van der Waals surface area contributed by atoms with Gasteiger partial charge in [0.05, 0.1) is 6.04 Å². The number of benzene rings is 1. The molecule has 190 valence electrons. The summed E-state index contributed by atoms with van der Waals surface area (Å²) in [6, 6.07) is 5.12. The quantitative estimate of drug-likeness (QED) is 0.204. The number of carbonyl (C=O) groups excluding carboxylic acids is 4. The highest BCUT2D eigenvalue weighted by Crippen LogP contribution is 2.13. The molecule has 1 rings (SSSR count). The number of rotatable bonds is 14. The summed E-state index contributed by atoms with van der Waals surface area (Å²) in [6.45, 7) is 9.95. The first-order valence-corrected chi connectivity index (χ1v) is 11.7. The van der Waals surface area contributed by atoms with E-state index < -0.39 is 18.1 Å². The van der Waals surface area contributed by atoms with Crippen molar-refractivity contribution in [3.8, 4) is 0 Å². The largest absolute Gasteiger partial charge is 0.461 e. The zero-order valence-corrected chi connectivity index (χ0v) is 20.8. The fourth-order valence-corrected chi connectivity index (χ4v) is 3.16. The number of anilines is 1. The summed E-state index contributed by atoms with van der Waals surface area (Å²) in [5.41, 5.74) is 6.43. The first kappa shape index (κ1) is 28.9. The fourth-order valence-electron chi connectivity index (χ4n) is 3.16. The summed E-state index contributed by atoms with van der Waals surface area (Å²) in [5.74, 6) is -0.894. The first-order valence-electron chi connectivity index (χ1n) is 11.7. The van der Waals surface area contributed by atoms with Crippen LogP contribution in [0.15, 0.2) is 24.3 Å². The Hall–Kier alpha value is -3.14. The maximum atomic E-state index is 13.0. The van der Waals surface area contributed by atoms with Crippen LogP contribution >= 0.6 is 0 Å². The number of amides is 4. The molecule has 0 bridgehead atoms. The minimum Gasteiger partial charge on any atom is -0.461 e. The number of hydrogen-bond donors (Lipinski definition) is 5. The van der Waals surface area contributed by atoms with Crippen molar-refractivity contribution in [2.24, 2.45) is 11.7 Å². The van der Waals surface area contributed by atoms with E-state index in [0.717, 1.165) is 5.56 Å².